The molecule has 0 bridgehead atoms. The molecule has 1 N–H and O–H groups in total. The summed E-state index contributed by atoms with van der Waals surface area (Å²) in [4.78, 5) is 7.47. The van der Waals surface area contributed by atoms with Gasteiger partial charge in [-0.25, -0.2) is 4.98 Å². The fourth-order valence-corrected chi connectivity index (χ4v) is 4.03. The third kappa shape index (κ3) is 3.67. The first-order chi connectivity index (χ1) is 12.8. The van der Waals surface area contributed by atoms with E-state index in [4.69, 9.17) is 4.98 Å². The van der Waals surface area contributed by atoms with E-state index in [2.05, 4.69) is 39.8 Å². The summed E-state index contributed by atoms with van der Waals surface area (Å²) < 4.78 is 2.22. The molecule has 0 amide bonds. The fourth-order valence-electron chi connectivity index (χ4n) is 4.03. The van der Waals surface area contributed by atoms with Crippen molar-refractivity contribution in [3.8, 4) is 0 Å². The van der Waals surface area contributed by atoms with Crippen LogP contribution in [0, 0.1) is 6.07 Å². The molecule has 0 aliphatic carbocycles. The summed E-state index contributed by atoms with van der Waals surface area (Å²) in [6, 6.07) is 19.6. The Balaban J connectivity index is 1.41. The number of hydrogen-bond donors (Lipinski definition) is 1. The van der Waals surface area contributed by atoms with E-state index in [0.29, 0.717) is 12.5 Å². The normalized spacial score (nSPS) is 16.3. The largest absolute Gasteiger partial charge is 0.395 e. The van der Waals surface area contributed by atoms with E-state index in [0.717, 1.165) is 55.8 Å². The maximum Gasteiger partial charge on any atom is 0.113 e. The number of aliphatic hydroxyl groups is 1. The van der Waals surface area contributed by atoms with Gasteiger partial charge in [0.25, 0.3) is 0 Å². The van der Waals surface area contributed by atoms with Crippen molar-refractivity contribution in [2.75, 3.05) is 26.2 Å². The molecule has 4 heteroatoms. The zero-order valence-electron chi connectivity index (χ0n) is 15.1. The highest BCUT2D eigenvalue weighted by molar-refractivity contribution is 5.76. The highest BCUT2D eigenvalue weighted by Gasteiger charge is 2.25. The Hall–Kier alpha value is -2.17. The van der Waals surface area contributed by atoms with Crippen LogP contribution in [0.15, 0.2) is 48.5 Å². The van der Waals surface area contributed by atoms with Crippen LogP contribution in [0.25, 0.3) is 11.0 Å². The number of piperidine rings is 1. The lowest BCUT2D eigenvalue weighted by Crippen LogP contribution is -2.35. The zero-order chi connectivity index (χ0) is 17.8. The minimum absolute atomic E-state index is 0.153. The standard InChI is InChI=1S/C22H26N3O/c26-17-16-25-21-9-5-4-8-20(21)23-22(25)19-11-14-24(15-12-19)13-10-18-6-2-1-3-7-18/h2-9,19,26H,10-17H2. The predicted octanol–water partition coefficient (Wildman–Crippen LogP) is 3.25. The lowest BCUT2D eigenvalue weighted by Gasteiger charge is -2.32. The Morgan fingerprint density at radius 1 is 1.04 bits per heavy atom. The van der Waals surface area contributed by atoms with Gasteiger partial charge in [-0.05, 0) is 56.1 Å². The second-order valence-corrected chi connectivity index (χ2v) is 7.11. The van der Waals surface area contributed by atoms with Crippen LogP contribution >= 0.6 is 0 Å². The van der Waals surface area contributed by atoms with Crippen molar-refractivity contribution < 1.29 is 5.11 Å². The molecule has 1 aliphatic heterocycles. The SMILES string of the molecule is OCCn1c(C2CCN(CCc3cc[c]cc3)CC2)nc2ccccc21. The first-order valence-electron chi connectivity index (χ1n) is 9.58. The number of imidazole rings is 1. The van der Waals surface area contributed by atoms with Gasteiger partial charge < -0.3 is 14.6 Å². The van der Waals surface area contributed by atoms with Gasteiger partial charge in [-0.15, -0.1) is 0 Å². The fraction of sp³-hybridized carbons (Fsp3) is 0.409. The molecule has 3 aromatic rings. The number of benzene rings is 2. The highest BCUT2D eigenvalue weighted by Crippen LogP contribution is 2.30. The summed E-state index contributed by atoms with van der Waals surface area (Å²) in [5, 5.41) is 9.48. The molecule has 0 unspecified atom stereocenters. The minimum atomic E-state index is 0.153. The molecule has 0 spiro atoms. The molecular formula is C22H26N3O. The van der Waals surface area contributed by atoms with Crippen molar-refractivity contribution in [2.45, 2.75) is 31.7 Å². The molecule has 1 fully saturated rings. The van der Waals surface area contributed by atoms with Crippen molar-refractivity contribution in [3.63, 3.8) is 0 Å². The summed E-state index contributed by atoms with van der Waals surface area (Å²) >= 11 is 0. The Bertz CT molecular complexity index is 835. The van der Waals surface area contributed by atoms with Crippen LogP contribution in [-0.2, 0) is 13.0 Å². The monoisotopic (exact) mass is 348 g/mol. The second kappa shape index (κ2) is 8.02. The molecule has 26 heavy (non-hydrogen) atoms. The first-order valence-corrected chi connectivity index (χ1v) is 9.58. The summed E-state index contributed by atoms with van der Waals surface area (Å²) in [5.74, 6) is 1.63. The van der Waals surface area contributed by atoms with Gasteiger partial charge in [-0.1, -0.05) is 36.4 Å². The number of rotatable bonds is 6. The Labute approximate surface area is 155 Å². The zero-order valence-corrected chi connectivity index (χ0v) is 15.1. The van der Waals surface area contributed by atoms with Gasteiger partial charge in [0.1, 0.15) is 5.82 Å². The molecule has 1 aromatic heterocycles. The van der Waals surface area contributed by atoms with Crippen LogP contribution in [-0.4, -0.2) is 45.8 Å². The molecular weight excluding hydrogens is 322 g/mol. The number of nitrogens with zero attached hydrogens (tertiary/aromatic N) is 3. The van der Waals surface area contributed by atoms with Crippen molar-refractivity contribution in [1.29, 1.82) is 0 Å². The topological polar surface area (TPSA) is 41.3 Å². The lowest BCUT2D eigenvalue weighted by molar-refractivity contribution is 0.208. The smallest absolute Gasteiger partial charge is 0.113 e. The first kappa shape index (κ1) is 17.3. The van der Waals surface area contributed by atoms with Crippen molar-refractivity contribution in [3.05, 3.63) is 66.0 Å². The summed E-state index contributed by atoms with van der Waals surface area (Å²) in [7, 11) is 0. The molecule has 0 saturated carbocycles. The number of para-hydroxylation sites is 2. The molecule has 1 radical (unpaired) electrons. The predicted molar refractivity (Wildman–Crippen MR) is 104 cm³/mol. The van der Waals surface area contributed by atoms with Gasteiger partial charge in [-0.2, -0.15) is 0 Å². The molecule has 1 saturated heterocycles. The van der Waals surface area contributed by atoms with Crippen molar-refractivity contribution >= 4 is 11.0 Å². The maximum atomic E-state index is 9.48. The third-order valence-electron chi connectivity index (χ3n) is 5.46. The molecule has 4 nitrogen and oxygen atoms in total. The molecule has 2 heterocycles. The molecule has 2 aromatic carbocycles. The lowest BCUT2D eigenvalue weighted by atomic mass is 9.95. The molecule has 4 rings (SSSR count). The van der Waals surface area contributed by atoms with E-state index in [9.17, 15) is 5.11 Å². The van der Waals surface area contributed by atoms with E-state index in [1.807, 2.05) is 24.3 Å². The van der Waals surface area contributed by atoms with E-state index >= 15 is 0 Å². The van der Waals surface area contributed by atoms with E-state index in [1.165, 1.54) is 5.56 Å². The van der Waals surface area contributed by atoms with E-state index in [1.54, 1.807) is 0 Å². The summed E-state index contributed by atoms with van der Waals surface area (Å²) in [5.41, 5.74) is 3.56. The van der Waals surface area contributed by atoms with Crippen LogP contribution < -0.4 is 0 Å². The van der Waals surface area contributed by atoms with Crippen molar-refractivity contribution in [1.82, 2.24) is 14.5 Å². The Morgan fingerprint density at radius 2 is 1.81 bits per heavy atom. The van der Waals surface area contributed by atoms with Gasteiger partial charge in [0, 0.05) is 19.0 Å². The summed E-state index contributed by atoms with van der Waals surface area (Å²) in [6.45, 7) is 4.13. The molecule has 1 aliphatic rings. The quantitative estimate of drug-likeness (QED) is 0.743. The van der Waals surface area contributed by atoms with Crippen LogP contribution in [0.3, 0.4) is 0 Å². The maximum absolute atomic E-state index is 9.48. The number of fused-ring (bicyclic) bond motifs is 1. The minimum Gasteiger partial charge on any atom is -0.395 e. The van der Waals surface area contributed by atoms with Crippen LogP contribution in [0.1, 0.15) is 30.1 Å². The Kier molecular flexibility index (Phi) is 5.32. The van der Waals surface area contributed by atoms with Crippen LogP contribution in [0.4, 0.5) is 0 Å². The highest BCUT2D eigenvalue weighted by atomic mass is 16.3. The van der Waals surface area contributed by atoms with E-state index in [-0.39, 0.29) is 6.61 Å². The van der Waals surface area contributed by atoms with Crippen molar-refractivity contribution in [2.24, 2.45) is 0 Å². The average molecular weight is 348 g/mol. The van der Waals surface area contributed by atoms with E-state index < -0.39 is 0 Å². The van der Waals surface area contributed by atoms with Gasteiger partial charge in [0.15, 0.2) is 0 Å². The number of likely N-dealkylation sites (tertiary alicyclic amines) is 1. The number of aliphatic hydroxyl groups excluding tert-OH is 1. The summed E-state index contributed by atoms with van der Waals surface area (Å²) in [6.07, 6.45) is 3.37. The average Bonchev–Trinajstić information content (AvgIpc) is 3.07. The van der Waals surface area contributed by atoms with Gasteiger partial charge in [0.2, 0.25) is 0 Å². The number of aromatic nitrogens is 2. The van der Waals surface area contributed by atoms with Gasteiger partial charge in [0.05, 0.1) is 17.6 Å². The van der Waals surface area contributed by atoms with Gasteiger partial charge >= 0.3 is 0 Å². The van der Waals surface area contributed by atoms with Gasteiger partial charge in [-0.3, -0.25) is 0 Å². The second-order valence-electron chi connectivity index (χ2n) is 7.11. The number of hydrogen-bond acceptors (Lipinski definition) is 3. The molecule has 0 atom stereocenters. The van der Waals surface area contributed by atoms with Crippen LogP contribution in [0.2, 0.25) is 0 Å². The third-order valence-corrected chi connectivity index (χ3v) is 5.46. The van der Waals surface area contributed by atoms with Crippen LogP contribution in [0.5, 0.6) is 0 Å². The Morgan fingerprint density at radius 3 is 2.58 bits per heavy atom. The molecule has 135 valence electrons.